The van der Waals surface area contributed by atoms with Crippen LogP contribution in [-0.2, 0) is 0 Å². The minimum atomic E-state index is 0.732. The second kappa shape index (κ2) is 6.90. The molecule has 0 amide bonds. The molecule has 1 saturated carbocycles. The van der Waals surface area contributed by atoms with Gasteiger partial charge in [-0.25, -0.2) is 0 Å². The molecule has 1 nitrogen and oxygen atoms in total. The summed E-state index contributed by atoms with van der Waals surface area (Å²) in [4.78, 5) is 0. The molecule has 0 bridgehead atoms. The maximum absolute atomic E-state index is 5.39. The number of hydrogen-bond donors (Lipinski definition) is 1. The largest absolute Gasteiger partial charge is 0.314 e. The average molecular weight is 193 g/mol. The Hall–Kier alpha value is -0.480. The van der Waals surface area contributed by atoms with Crippen molar-refractivity contribution in [3.63, 3.8) is 0 Å². The number of terminal acetylenes is 1. The van der Waals surface area contributed by atoms with Crippen molar-refractivity contribution in [2.45, 2.75) is 57.9 Å². The fourth-order valence-electron chi connectivity index (χ4n) is 2.35. The minimum absolute atomic E-state index is 0.732. The predicted octanol–water partition coefficient (Wildman–Crippen LogP) is 2.96. The summed E-state index contributed by atoms with van der Waals surface area (Å²) in [5.74, 6) is 3.59. The summed E-state index contributed by atoms with van der Waals surface area (Å²) in [6.07, 6.45) is 14.3. The molecule has 1 fully saturated rings. The molecule has 0 aromatic rings. The van der Waals surface area contributed by atoms with Gasteiger partial charge in [0.2, 0.25) is 0 Å². The predicted molar refractivity (Wildman–Crippen MR) is 62.1 cm³/mol. The van der Waals surface area contributed by atoms with Crippen LogP contribution in [0.25, 0.3) is 0 Å². The van der Waals surface area contributed by atoms with Crippen LogP contribution in [0.15, 0.2) is 0 Å². The Morgan fingerprint density at radius 2 is 2.14 bits per heavy atom. The Balaban J connectivity index is 2.31. The molecule has 1 heteroatoms. The molecule has 0 aliphatic heterocycles. The van der Waals surface area contributed by atoms with Gasteiger partial charge in [-0.2, -0.15) is 0 Å². The first-order valence-electron chi connectivity index (χ1n) is 6.03. The molecule has 0 aromatic carbocycles. The molecule has 2 unspecified atom stereocenters. The van der Waals surface area contributed by atoms with Crippen LogP contribution in [-0.4, -0.2) is 12.6 Å². The van der Waals surface area contributed by atoms with Crippen molar-refractivity contribution in [3.05, 3.63) is 0 Å². The zero-order valence-electron chi connectivity index (χ0n) is 9.39. The summed E-state index contributed by atoms with van der Waals surface area (Å²) in [5, 5.41) is 3.63. The third-order valence-electron chi connectivity index (χ3n) is 3.12. The fourth-order valence-corrected chi connectivity index (χ4v) is 2.35. The van der Waals surface area contributed by atoms with E-state index in [1.807, 2.05) is 0 Å². The Bertz CT molecular complexity index is 180. The van der Waals surface area contributed by atoms with Crippen LogP contribution >= 0.6 is 0 Å². The fraction of sp³-hybridized carbons (Fsp3) is 0.846. The van der Waals surface area contributed by atoms with Gasteiger partial charge in [0.05, 0.1) is 0 Å². The summed E-state index contributed by atoms with van der Waals surface area (Å²) in [7, 11) is 0. The zero-order chi connectivity index (χ0) is 10.2. The van der Waals surface area contributed by atoms with Crippen LogP contribution in [0.3, 0.4) is 0 Å². The number of nitrogens with one attached hydrogen (secondary N) is 1. The standard InChI is InChI=1S/C13H23N/c1-3-7-12-8-5-6-9-13(11-12)14-10-4-2/h1,12-14H,4-11H2,2H3. The van der Waals surface area contributed by atoms with Gasteiger partial charge in [0, 0.05) is 12.5 Å². The first kappa shape index (κ1) is 11.6. The zero-order valence-corrected chi connectivity index (χ0v) is 9.39. The minimum Gasteiger partial charge on any atom is -0.314 e. The van der Waals surface area contributed by atoms with E-state index in [9.17, 15) is 0 Å². The highest BCUT2D eigenvalue weighted by Crippen LogP contribution is 2.25. The van der Waals surface area contributed by atoms with Crippen molar-refractivity contribution >= 4 is 0 Å². The molecular weight excluding hydrogens is 170 g/mol. The number of hydrogen-bond acceptors (Lipinski definition) is 1. The summed E-state index contributed by atoms with van der Waals surface area (Å²) < 4.78 is 0. The van der Waals surface area contributed by atoms with Gasteiger partial charge in [-0.1, -0.05) is 19.8 Å². The third-order valence-corrected chi connectivity index (χ3v) is 3.12. The van der Waals surface area contributed by atoms with Crippen LogP contribution in [0.5, 0.6) is 0 Å². The van der Waals surface area contributed by atoms with E-state index in [-0.39, 0.29) is 0 Å². The van der Waals surface area contributed by atoms with Crippen molar-refractivity contribution in [1.82, 2.24) is 5.32 Å². The van der Waals surface area contributed by atoms with Crippen molar-refractivity contribution < 1.29 is 0 Å². The molecule has 0 radical (unpaired) electrons. The van der Waals surface area contributed by atoms with Gasteiger partial charge in [-0.15, -0.1) is 12.3 Å². The lowest BCUT2D eigenvalue weighted by atomic mass is 9.95. The maximum Gasteiger partial charge on any atom is 0.0115 e. The van der Waals surface area contributed by atoms with Gasteiger partial charge in [0.15, 0.2) is 0 Å². The first-order valence-corrected chi connectivity index (χ1v) is 6.03. The molecule has 0 heterocycles. The van der Waals surface area contributed by atoms with E-state index in [1.165, 1.54) is 38.5 Å². The van der Waals surface area contributed by atoms with Crippen LogP contribution < -0.4 is 5.32 Å². The van der Waals surface area contributed by atoms with Gasteiger partial charge in [0.25, 0.3) is 0 Å². The molecule has 0 saturated heterocycles. The monoisotopic (exact) mass is 193 g/mol. The Kier molecular flexibility index (Phi) is 5.71. The van der Waals surface area contributed by atoms with Crippen LogP contribution in [0.4, 0.5) is 0 Å². The van der Waals surface area contributed by atoms with E-state index >= 15 is 0 Å². The third kappa shape index (κ3) is 4.15. The molecule has 80 valence electrons. The molecule has 1 aliphatic carbocycles. The average Bonchev–Trinajstić information content (AvgIpc) is 2.41. The molecule has 14 heavy (non-hydrogen) atoms. The van der Waals surface area contributed by atoms with Gasteiger partial charge in [-0.3, -0.25) is 0 Å². The molecule has 1 rings (SSSR count). The Labute approximate surface area is 88.7 Å². The lowest BCUT2D eigenvalue weighted by Crippen LogP contribution is -2.30. The summed E-state index contributed by atoms with van der Waals surface area (Å²) in [5.41, 5.74) is 0. The maximum atomic E-state index is 5.39. The topological polar surface area (TPSA) is 12.0 Å². The van der Waals surface area contributed by atoms with Gasteiger partial charge in [-0.05, 0) is 38.1 Å². The van der Waals surface area contributed by atoms with Crippen molar-refractivity contribution in [1.29, 1.82) is 0 Å². The van der Waals surface area contributed by atoms with Crippen LogP contribution in [0, 0.1) is 18.3 Å². The Morgan fingerprint density at radius 1 is 1.36 bits per heavy atom. The molecule has 0 spiro atoms. The molecule has 1 aliphatic rings. The normalized spacial score (nSPS) is 28.0. The van der Waals surface area contributed by atoms with Crippen molar-refractivity contribution in [3.8, 4) is 12.3 Å². The molecule has 1 N–H and O–H groups in total. The van der Waals surface area contributed by atoms with Gasteiger partial charge >= 0.3 is 0 Å². The lowest BCUT2D eigenvalue weighted by molar-refractivity contribution is 0.391. The van der Waals surface area contributed by atoms with Crippen molar-refractivity contribution in [2.24, 2.45) is 5.92 Å². The molecule has 2 atom stereocenters. The molecular formula is C13H23N. The lowest BCUT2D eigenvalue weighted by Gasteiger charge is -2.19. The second-order valence-corrected chi connectivity index (χ2v) is 4.45. The van der Waals surface area contributed by atoms with E-state index in [1.54, 1.807) is 0 Å². The van der Waals surface area contributed by atoms with E-state index in [0.717, 1.165) is 24.9 Å². The second-order valence-electron chi connectivity index (χ2n) is 4.45. The van der Waals surface area contributed by atoms with Gasteiger partial charge < -0.3 is 5.32 Å². The highest BCUT2D eigenvalue weighted by Gasteiger charge is 2.18. The van der Waals surface area contributed by atoms with Crippen LogP contribution in [0.2, 0.25) is 0 Å². The summed E-state index contributed by atoms with van der Waals surface area (Å²) >= 11 is 0. The summed E-state index contributed by atoms with van der Waals surface area (Å²) in [6.45, 7) is 3.38. The van der Waals surface area contributed by atoms with E-state index in [2.05, 4.69) is 18.2 Å². The quantitative estimate of drug-likeness (QED) is 0.534. The van der Waals surface area contributed by atoms with Gasteiger partial charge in [0.1, 0.15) is 0 Å². The van der Waals surface area contributed by atoms with Crippen LogP contribution in [0.1, 0.15) is 51.9 Å². The number of rotatable bonds is 4. The summed E-state index contributed by atoms with van der Waals surface area (Å²) in [6, 6.07) is 0.732. The van der Waals surface area contributed by atoms with E-state index < -0.39 is 0 Å². The van der Waals surface area contributed by atoms with E-state index in [0.29, 0.717) is 0 Å². The smallest absolute Gasteiger partial charge is 0.0115 e. The Morgan fingerprint density at radius 3 is 2.86 bits per heavy atom. The SMILES string of the molecule is C#CCC1CCCCC(NCCC)C1. The highest BCUT2D eigenvalue weighted by atomic mass is 14.9. The molecule has 0 aromatic heterocycles. The van der Waals surface area contributed by atoms with E-state index in [4.69, 9.17) is 6.42 Å². The first-order chi connectivity index (χ1) is 6.86. The van der Waals surface area contributed by atoms with Crippen molar-refractivity contribution in [2.75, 3.05) is 6.54 Å². The highest BCUT2D eigenvalue weighted by molar-refractivity contribution is 4.89.